The summed E-state index contributed by atoms with van der Waals surface area (Å²) < 4.78 is 10.6. The van der Waals surface area contributed by atoms with Crippen molar-refractivity contribution in [3.63, 3.8) is 0 Å². The fourth-order valence-corrected chi connectivity index (χ4v) is 1.98. The molecule has 0 aromatic heterocycles. The number of carbonyl (C=O) groups is 1. The summed E-state index contributed by atoms with van der Waals surface area (Å²) in [7, 11) is 0. The lowest BCUT2D eigenvalue weighted by atomic mass is 10.0. The predicted octanol–water partition coefficient (Wildman–Crippen LogP) is 1.90. The zero-order chi connectivity index (χ0) is 12.4. The number of likely N-dealkylation sites (N-methyl/N-ethyl adjacent to an activating group) is 1. The van der Waals surface area contributed by atoms with Gasteiger partial charge < -0.3 is 14.8 Å². The molecule has 0 bridgehead atoms. The van der Waals surface area contributed by atoms with Gasteiger partial charge in [0.1, 0.15) is 0 Å². The number of rotatable bonds is 4. The second-order valence-electron chi connectivity index (χ2n) is 4.17. The summed E-state index contributed by atoms with van der Waals surface area (Å²) in [6.45, 7) is 6.77. The molecule has 1 heterocycles. The minimum Gasteiger partial charge on any atom is -0.454 e. The van der Waals surface area contributed by atoms with Gasteiger partial charge in [-0.1, -0.05) is 6.92 Å². The van der Waals surface area contributed by atoms with Crippen LogP contribution < -0.4 is 14.8 Å². The third-order valence-electron chi connectivity index (χ3n) is 2.85. The van der Waals surface area contributed by atoms with Gasteiger partial charge in [0.05, 0.1) is 6.04 Å². The minimum atomic E-state index is -0.181. The van der Waals surface area contributed by atoms with E-state index in [0.717, 1.165) is 17.9 Å². The Bertz CT molecular complexity index is 443. The molecule has 0 saturated heterocycles. The van der Waals surface area contributed by atoms with Crippen LogP contribution in [0.5, 0.6) is 11.5 Å². The van der Waals surface area contributed by atoms with E-state index in [9.17, 15) is 4.79 Å². The first-order valence-corrected chi connectivity index (χ1v) is 5.81. The maximum Gasteiger partial charge on any atom is 0.231 e. The first kappa shape index (κ1) is 11.9. The first-order valence-electron chi connectivity index (χ1n) is 5.81. The highest BCUT2D eigenvalue weighted by molar-refractivity contribution is 6.00. The van der Waals surface area contributed by atoms with Crippen LogP contribution in [0.2, 0.25) is 0 Å². The second-order valence-corrected chi connectivity index (χ2v) is 4.17. The Balaban J connectivity index is 2.28. The van der Waals surface area contributed by atoms with Crippen molar-refractivity contribution in [3.8, 4) is 11.5 Å². The van der Waals surface area contributed by atoms with Crippen molar-refractivity contribution in [1.82, 2.24) is 5.32 Å². The Morgan fingerprint density at radius 3 is 2.94 bits per heavy atom. The molecular weight excluding hydrogens is 218 g/mol. The largest absolute Gasteiger partial charge is 0.454 e. The third-order valence-corrected chi connectivity index (χ3v) is 2.85. The number of benzene rings is 1. The molecule has 0 fully saturated rings. The molecule has 92 valence electrons. The molecule has 1 aromatic carbocycles. The van der Waals surface area contributed by atoms with Crippen molar-refractivity contribution in [2.45, 2.75) is 26.8 Å². The standard InChI is InChI=1S/C13H17NO3/c1-4-14-9(3)12(15)10-5-8(2)13-11(6-10)16-7-17-13/h5-6,9,14H,4,7H2,1-3H3/t9-/m1/s1. The summed E-state index contributed by atoms with van der Waals surface area (Å²) in [6.07, 6.45) is 0. The van der Waals surface area contributed by atoms with Crippen molar-refractivity contribution in [2.75, 3.05) is 13.3 Å². The van der Waals surface area contributed by atoms with Gasteiger partial charge in [-0.2, -0.15) is 0 Å². The number of carbonyl (C=O) groups excluding carboxylic acids is 1. The molecule has 4 heteroatoms. The van der Waals surface area contributed by atoms with Crippen molar-refractivity contribution >= 4 is 5.78 Å². The van der Waals surface area contributed by atoms with Gasteiger partial charge in [-0.15, -0.1) is 0 Å². The van der Waals surface area contributed by atoms with Gasteiger partial charge in [-0.3, -0.25) is 4.79 Å². The van der Waals surface area contributed by atoms with Crippen molar-refractivity contribution in [2.24, 2.45) is 0 Å². The zero-order valence-corrected chi connectivity index (χ0v) is 10.4. The molecule has 2 rings (SSSR count). The van der Waals surface area contributed by atoms with Crippen LogP contribution in [0.4, 0.5) is 0 Å². The van der Waals surface area contributed by atoms with E-state index in [2.05, 4.69) is 5.32 Å². The van der Waals surface area contributed by atoms with E-state index in [1.54, 1.807) is 6.07 Å². The fourth-order valence-electron chi connectivity index (χ4n) is 1.98. The molecule has 1 aromatic rings. The Kier molecular flexibility index (Phi) is 3.33. The SMILES string of the molecule is CCN[C@H](C)C(=O)c1cc(C)c2c(c1)OCO2. The highest BCUT2D eigenvalue weighted by Gasteiger charge is 2.21. The number of hydrogen-bond acceptors (Lipinski definition) is 4. The van der Waals surface area contributed by atoms with Crippen molar-refractivity contribution in [1.29, 1.82) is 0 Å². The lowest BCUT2D eigenvalue weighted by Crippen LogP contribution is -2.33. The van der Waals surface area contributed by atoms with Crippen molar-refractivity contribution < 1.29 is 14.3 Å². The Morgan fingerprint density at radius 1 is 1.47 bits per heavy atom. The lowest BCUT2D eigenvalue weighted by Gasteiger charge is -2.12. The van der Waals surface area contributed by atoms with Crippen LogP contribution in [0.15, 0.2) is 12.1 Å². The number of ketones is 1. The van der Waals surface area contributed by atoms with E-state index < -0.39 is 0 Å². The van der Waals surface area contributed by atoms with Crippen LogP contribution in [0.25, 0.3) is 0 Å². The quantitative estimate of drug-likeness (QED) is 0.810. The van der Waals surface area contributed by atoms with E-state index in [4.69, 9.17) is 9.47 Å². The van der Waals surface area contributed by atoms with Gasteiger partial charge in [-0.05, 0) is 38.1 Å². The average molecular weight is 235 g/mol. The van der Waals surface area contributed by atoms with Crippen LogP contribution in [0.3, 0.4) is 0 Å². The average Bonchev–Trinajstić information content (AvgIpc) is 2.77. The molecule has 0 aliphatic carbocycles. The monoisotopic (exact) mass is 235 g/mol. The second kappa shape index (κ2) is 4.75. The molecule has 1 atom stereocenters. The maximum absolute atomic E-state index is 12.1. The summed E-state index contributed by atoms with van der Waals surface area (Å²) in [4.78, 5) is 12.1. The van der Waals surface area contributed by atoms with Crippen LogP contribution in [0.1, 0.15) is 29.8 Å². The van der Waals surface area contributed by atoms with Crippen LogP contribution in [0, 0.1) is 6.92 Å². The van der Waals surface area contributed by atoms with E-state index in [-0.39, 0.29) is 18.6 Å². The number of fused-ring (bicyclic) bond motifs is 1. The van der Waals surface area contributed by atoms with Gasteiger partial charge >= 0.3 is 0 Å². The number of ether oxygens (including phenoxy) is 2. The molecule has 0 unspecified atom stereocenters. The Morgan fingerprint density at radius 2 is 2.24 bits per heavy atom. The molecule has 0 spiro atoms. The molecule has 1 aliphatic rings. The fraction of sp³-hybridized carbons (Fsp3) is 0.462. The van der Waals surface area contributed by atoms with Crippen LogP contribution in [-0.2, 0) is 0 Å². The summed E-state index contributed by atoms with van der Waals surface area (Å²) in [5.74, 6) is 1.49. The van der Waals surface area contributed by atoms with E-state index in [0.29, 0.717) is 11.3 Å². The molecule has 0 amide bonds. The molecule has 17 heavy (non-hydrogen) atoms. The topological polar surface area (TPSA) is 47.6 Å². The van der Waals surface area contributed by atoms with Gasteiger partial charge in [0.15, 0.2) is 17.3 Å². The van der Waals surface area contributed by atoms with E-state index >= 15 is 0 Å². The van der Waals surface area contributed by atoms with Gasteiger partial charge in [0, 0.05) is 5.56 Å². The van der Waals surface area contributed by atoms with Gasteiger partial charge in [0.2, 0.25) is 6.79 Å². The summed E-state index contributed by atoms with van der Waals surface area (Å²) >= 11 is 0. The maximum atomic E-state index is 12.1. The zero-order valence-electron chi connectivity index (χ0n) is 10.4. The molecule has 1 N–H and O–H groups in total. The Hall–Kier alpha value is -1.55. The number of aryl methyl sites for hydroxylation is 1. The number of Topliss-reactive ketones (excluding diaryl/α,β-unsaturated/α-hetero) is 1. The molecule has 0 radical (unpaired) electrons. The number of nitrogens with one attached hydrogen (secondary N) is 1. The first-order chi connectivity index (χ1) is 8.13. The Labute approximate surface area is 101 Å². The van der Waals surface area contributed by atoms with E-state index in [1.807, 2.05) is 26.8 Å². The van der Waals surface area contributed by atoms with Crippen molar-refractivity contribution in [3.05, 3.63) is 23.3 Å². The summed E-state index contributed by atoms with van der Waals surface area (Å²) in [5.41, 5.74) is 1.60. The molecule has 1 aliphatic heterocycles. The number of hydrogen-bond donors (Lipinski definition) is 1. The predicted molar refractivity (Wildman–Crippen MR) is 64.8 cm³/mol. The summed E-state index contributed by atoms with van der Waals surface area (Å²) in [6, 6.07) is 3.43. The highest BCUT2D eigenvalue weighted by Crippen LogP contribution is 2.36. The lowest BCUT2D eigenvalue weighted by molar-refractivity contribution is 0.0951. The van der Waals surface area contributed by atoms with Gasteiger partial charge in [0.25, 0.3) is 0 Å². The van der Waals surface area contributed by atoms with Crippen LogP contribution >= 0.6 is 0 Å². The minimum absolute atomic E-state index is 0.0771. The normalized spacial score (nSPS) is 14.8. The summed E-state index contributed by atoms with van der Waals surface area (Å²) in [5, 5.41) is 3.11. The molecule has 0 saturated carbocycles. The van der Waals surface area contributed by atoms with Crippen LogP contribution in [-0.4, -0.2) is 25.2 Å². The van der Waals surface area contributed by atoms with Gasteiger partial charge in [-0.25, -0.2) is 0 Å². The third kappa shape index (κ3) is 2.26. The van der Waals surface area contributed by atoms with E-state index in [1.165, 1.54) is 0 Å². The molecular formula is C13H17NO3. The molecule has 4 nitrogen and oxygen atoms in total. The highest BCUT2D eigenvalue weighted by atomic mass is 16.7. The smallest absolute Gasteiger partial charge is 0.231 e.